The Balaban J connectivity index is 1.75. The van der Waals surface area contributed by atoms with Gasteiger partial charge in [-0.1, -0.05) is 41.2 Å². The molecule has 1 fully saturated rings. The molecule has 0 spiro atoms. The van der Waals surface area contributed by atoms with Crippen molar-refractivity contribution in [2.75, 3.05) is 32.8 Å². The van der Waals surface area contributed by atoms with E-state index in [1.165, 1.54) is 37.6 Å². The van der Waals surface area contributed by atoms with Gasteiger partial charge in [-0.05, 0) is 49.7 Å². The minimum atomic E-state index is -1.03. The van der Waals surface area contributed by atoms with Gasteiger partial charge in [-0.15, -0.1) is 0 Å². The van der Waals surface area contributed by atoms with E-state index in [-0.39, 0.29) is 11.3 Å². The Bertz CT molecular complexity index is 1620. The molecule has 3 aromatic carbocycles. The van der Waals surface area contributed by atoms with E-state index in [4.69, 9.17) is 18.9 Å². The van der Waals surface area contributed by atoms with Gasteiger partial charge in [0.25, 0.3) is 5.78 Å². The van der Waals surface area contributed by atoms with Gasteiger partial charge in [-0.2, -0.15) is 0 Å². The van der Waals surface area contributed by atoms with Crippen molar-refractivity contribution < 1.29 is 33.6 Å². The van der Waals surface area contributed by atoms with E-state index >= 15 is 0 Å². The number of amides is 1. The third-order valence-electron chi connectivity index (χ3n) is 6.64. The van der Waals surface area contributed by atoms with Crippen molar-refractivity contribution in [2.24, 2.45) is 0 Å². The minimum absolute atomic E-state index is 0.0719. The SMILES string of the molecule is CCOc1ccc2nc(N3C(=O)C(=O)/C(=C(/O)c4ccc(C)cc4)[C@H]3c3cc(OC)c(OC)c(OC)c3)sc2c1. The lowest BCUT2D eigenvalue weighted by Crippen LogP contribution is -2.29. The maximum Gasteiger partial charge on any atom is 0.301 e. The van der Waals surface area contributed by atoms with Crippen LogP contribution in [0.3, 0.4) is 0 Å². The zero-order chi connectivity index (χ0) is 28.6. The Hall–Kier alpha value is -4.57. The molecule has 0 unspecified atom stereocenters. The van der Waals surface area contributed by atoms with Crippen LogP contribution in [0.25, 0.3) is 16.0 Å². The fourth-order valence-corrected chi connectivity index (χ4v) is 5.74. The van der Waals surface area contributed by atoms with Gasteiger partial charge >= 0.3 is 5.91 Å². The van der Waals surface area contributed by atoms with Gasteiger partial charge in [0.2, 0.25) is 5.75 Å². The first-order valence-corrected chi connectivity index (χ1v) is 13.3. The summed E-state index contributed by atoms with van der Waals surface area (Å²) in [5, 5.41) is 11.7. The molecular weight excluding hydrogens is 532 g/mol. The number of carbonyl (C=O) groups excluding carboxylic acids is 2. The summed E-state index contributed by atoms with van der Waals surface area (Å²) in [5.41, 5.74) is 2.44. The zero-order valence-corrected chi connectivity index (χ0v) is 23.5. The van der Waals surface area contributed by atoms with Crippen LogP contribution in [-0.4, -0.2) is 49.7 Å². The van der Waals surface area contributed by atoms with Gasteiger partial charge in [0.15, 0.2) is 16.6 Å². The topological polar surface area (TPSA) is 107 Å². The highest BCUT2D eigenvalue weighted by molar-refractivity contribution is 7.22. The normalized spacial score (nSPS) is 16.4. The molecule has 0 bridgehead atoms. The van der Waals surface area contributed by atoms with Crippen LogP contribution < -0.4 is 23.8 Å². The van der Waals surface area contributed by atoms with Gasteiger partial charge in [0, 0.05) is 5.56 Å². The number of hydrogen-bond acceptors (Lipinski definition) is 9. The predicted octanol–water partition coefficient (Wildman–Crippen LogP) is 5.66. The Morgan fingerprint density at radius 1 is 0.975 bits per heavy atom. The van der Waals surface area contributed by atoms with Crippen molar-refractivity contribution in [3.8, 4) is 23.0 Å². The Morgan fingerprint density at radius 2 is 1.65 bits per heavy atom. The van der Waals surface area contributed by atoms with E-state index in [1.807, 2.05) is 32.0 Å². The summed E-state index contributed by atoms with van der Waals surface area (Å²) in [6.45, 7) is 4.32. The zero-order valence-electron chi connectivity index (χ0n) is 22.7. The van der Waals surface area contributed by atoms with Crippen LogP contribution in [0.1, 0.15) is 29.7 Å². The number of ketones is 1. The summed E-state index contributed by atoms with van der Waals surface area (Å²) in [4.78, 5) is 33.2. The second kappa shape index (κ2) is 10.9. The molecule has 1 amide bonds. The molecule has 10 heteroatoms. The van der Waals surface area contributed by atoms with E-state index in [2.05, 4.69) is 4.98 Å². The van der Waals surface area contributed by atoms with Crippen LogP contribution in [0, 0.1) is 6.92 Å². The smallest absolute Gasteiger partial charge is 0.301 e. The quantitative estimate of drug-likeness (QED) is 0.167. The van der Waals surface area contributed by atoms with Crippen molar-refractivity contribution in [1.82, 2.24) is 4.98 Å². The lowest BCUT2D eigenvalue weighted by molar-refractivity contribution is -0.132. The maximum absolute atomic E-state index is 13.7. The molecule has 1 N–H and O–H groups in total. The van der Waals surface area contributed by atoms with E-state index in [1.54, 1.807) is 36.4 Å². The lowest BCUT2D eigenvalue weighted by Gasteiger charge is -2.24. The molecule has 4 aromatic rings. The van der Waals surface area contributed by atoms with Crippen molar-refractivity contribution in [1.29, 1.82) is 0 Å². The number of aryl methyl sites for hydroxylation is 1. The number of hydrogen-bond donors (Lipinski definition) is 1. The van der Waals surface area contributed by atoms with Crippen molar-refractivity contribution in [2.45, 2.75) is 19.9 Å². The number of Topliss-reactive ketones (excluding diaryl/α,β-unsaturated/α-hetero) is 1. The maximum atomic E-state index is 13.7. The molecule has 1 aliphatic rings. The molecule has 1 atom stereocenters. The fourth-order valence-electron chi connectivity index (χ4n) is 4.72. The number of carbonyl (C=O) groups is 2. The van der Waals surface area contributed by atoms with E-state index in [0.717, 1.165) is 10.3 Å². The highest BCUT2D eigenvalue weighted by Gasteiger charge is 2.48. The predicted molar refractivity (Wildman–Crippen MR) is 153 cm³/mol. The molecule has 0 saturated carbocycles. The highest BCUT2D eigenvalue weighted by Crippen LogP contribution is 2.48. The largest absolute Gasteiger partial charge is 0.507 e. The average Bonchev–Trinajstić information content (AvgIpc) is 3.49. The Morgan fingerprint density at radius 3 is 2.25 bits per heavy atom. The number of nitrogens with zero attached hydrogens (tertiary/aromatic N) is 2. The fraction of sp³-hybridized carbons (Fsp3) is 0.233. The number of anilines is 1. The summed E-state index contributed by atoms with van der Waals surface area (Å²) in [6, 6.07) is 14.8. The summed E-state index contributed by atoms with van der Waals surface area (Å²) in [7, 11) is 4.45. The minimum Gasteiger partial charge on any atom is -0.507 e. The number of ether oxygens (including phenoxy) is 4. The number of aliphatic hydroxyl groups excluding tert-OH is 1. The summed E-state index contributed by atoms with van der Waals surface area (Å²) >= 11 is 1.25. The van der Waals surface area contributed by atoms with Crippen molar-refractivity contribution >= 4 is 44.1 Å². The number of fused-ring (bicyclic) bond motifs is 1. The Labute approximate surface area is 235 Å². The van der Waals surface area contributed by atoms with Crippen LogP contribution in [0.4, 0.5) is 5.13 Å². The molecule has 5 rings (SSSR count). The Kier molecular flexibility index (Phi) is 7.36. The van der Waals surface area contributed by atoms with Gasteiger partial charge in [-0.25, -0.2) is 4.98 Å². The number of thiazole rings is 1. The molecule has 0 radical (unpaired) electrons. The number of benzene rings is 3. The number of aromatic nitrogens is 1. The summed E-state index contributed by atoms with van der Waals surface area (Å²) in [5.74, 6) is -0.228. The first kappa shape index (κ1) is 27.0. The van der Waals surface area contributed by atoms with E-state index < -0.39 is 17.7 Å². The van der Waals surface area contributed by atoms with Crippen LogP contribution in [0.2, 0.25) is 0 Å². The van der Waals surface area contributed by atoms with Crippen LogP contribution >= 0.6 is 11.3 Å². The number of aliphatic hydroxyl groups is 1. The summed E-state index contributed by atoms with van der Waals surface area (Å²) in [6.07, 6.45) is 0. The molecule has 2 heterocycles. The van der Waals surface area contributed by atoms with Gasteiger partial charge in [0.1, 0.15) is 11.5 Å². The third-order valence-corrected chi connectivity index (χ3v) is 7.66. The molecule has 1 aromatic heterocycles. The molecule has 0 aliphatic carbocycles. The summed E-state index contributed by atoms with van der Waals surface area (Å²) < 4.78 is 23.0. The van der Waals surface area contributed by atoms with Gasteiger partial charge in [0.05, 0.1) is 49.8 Å². The number of methoxy groups -OCH3 is 3. The van der Waals surface area contributed by atoms with Crippen LogP contribution in [-0.2, 0) is 9.59 Å². The standard InChI is InChI=1S/C30H28N2O7S/c1-6-39-19-11-12-20-23(15-19)40-30(31-20)32-25(18-13-21(36-3)28(38-5)22(14-18)37-4)24(27(34)29(32)35)26(33)17-9-7-16(2)8-10-17/h7-15,25,33H,6H2,1-5H3/b26-24+/t25-/m1/s1. The average molecular weight is 561 g/mol. The highest BCUT2D eigenvalue weighted by atomic mass is 32.1. The third kappa shape index (κ3) is 4.60. The lowest BCUT2D eigenvalue weighted by atomic mass is 9.94. The molecular formula is C30H28N2O7S. The van der Waals surface area contributed by atoms with Crippen molar-refractivity contribution in [3.05, 3.63) is 76.9 Å². The number of rotatable bonds is 8. The monoisotopic (exact) mass is 560 g/mol. The first-order valence-electron chi connectivity index (χ1n) is 12.5. The molecule has 9 nitrogen and oxygen atoms in total. The second-order valence-electron chi connectivity index (χ2n) is 9.05. The molecule has 1 saturated heterocycles. The van der Waals surface area contributed by atoms with Gasteiger partial charge in [-0.3, -0.25) is 14.5 Å². The van der Waals surface area contributed by atoms with Crippen LogP contribution in [0.15, 0.2) is 60.2 Å². The molecule has 206 valence electrons. The second-order valence-corrected chi connectivity index (χ2v) is 10.1. The van der Waals surface area contributed by atoms with Crippen LogP contribution in [0.5, 0.6) is 23.0 Å². The van der Waals surface area contributed by atoms with E-state index in [0.29, 0.717) is 51.4 Å². The van der Waals surface area contributed by atoms with E-state index in [9.17, 15) is 14.7 Å². The molecule has 40 heavy (non-hydrogen) atoms. The van der Waals surface area contributed by atoms with Gasteiger partial charge < -0.3 is 24.1 Å². The van der Waals surface area contributed by atoms with Crippen molar-refractivity contribution in [3.63, 3.8) is 0 Å². The first-order chi connectivity index (χ1) is 19.3. The molecule has 1 aliphatic heterocycles.